The van der Waals surface area contributed by atoms with Gasteiger partial charge in [0.2, 0.25) is 11.8 Å². The average molecular weight is 503 g/mol. The standard InChI is InChI=1S/C21H12F3N5O5S/c1-32-10-4-2-9(3-5-10)18-28-29-19(33-18)27-20-26-17(31)15(35-20)14-12-8-11(34-21(22,23)24)6-7-13(12)25-16(14)30/h2-8,31H,1H3,(H,26,27,29). The summed E-state index contributed by atoms with van der Waals surface area (Å²) in [7, 11) is 1.54. The Morgan fingerprint density at radius 2 is 1.83 bits per heavy atom. The molecule has 2 N–H and O–H groups in total. The Hall–Kier alpha value is -4.46. The van der Waals surface area contributed by atoms with Crippen LogP contribution in [0, 0.1) is 0 Å². The van der Waals surface area contributed by atoms with E-state index in [0.29, 0.717) is 11.3 Å². The molecule has 0 fully saturated rings. The number of hydrogen-bond donors (Lipinski definition) is 2. The zero-order valence-corrected chi connectivity index (χ0v) is 18.3. The van der Waals surface area contributed by atoms with Gasteiger partial charge in [-0.3, -0.25) is 10.1 Å². The highest BCUT2D eigenvalue weighted by Gasteiger charge is 2.32. The van der Waals surface area contributed by atoms with Crippen molar-refractivity contribution in [2.45, 2.75) is 6.36 Å². The quantitative estimate of drug-likeness (QED) is 0.408. The number of anilines is 2. The maximum Gasteiger partial charge on any atom is 0.573 e. The van der Waals surface area contributed by atoms with Crippen LogP contribution in [0.4, 0.5) is 24.3 Å². The van der Waals surface area contributed by atoms with Crippen LogP contribution in [0.3, 0.4) is 0 Å². The molecule has 5 rings (SSSR count). The number of amides is 1. The summed E-state index contributed by atoms with van der Waals surface area (Å²) in [4.78, 5) is 20.2. The predicted octanol–water partition coefficient (Wildman–Crippen LogP) is 2.91. The smallest absolute Gasteiger partial charge is 0.497 e. The second-order valence-corrected chi connectivity index (χ2v) is 7.96. The van der Waals surface area contributed by atoms with Crippen LogP contribution in [-0.2, 0) is 4.79 Å². The first-order valence-electron chi connectivity index (χ1n) is 9.68. The van der Waals surface area contributed by atoms with E-state index in [1.165, 1.54) is 6.07 Å². The van der Waals surface area contributed by atoms with Crippen LogP contribution in [0.1, 0.15) is 4.88 Å². The summed E-state index contributed by atoms with van der Waals surface area (Å²) in [5.41, 5.74) is 0.524. The van der Waals surface area contributed by atoms with Crippen molar-refractivity contribution < 1.29 is 37.0 Å². The molecule has 1 aliphatic heterocycles. The number of aromatic nitrogens is 3. The number of alkyl halides is 3. The average Bonchev–Trinajstić information content (AvgIpc) is 3.49. The van der Waals surface area contributed by atoms with E-state index >= 15 is 0 Å². The Labute approximate surface area is 197 Å². The third-order valence-corrected chi connectivity index (χ3v) is 5.70. The van der Waals surface area contributed by atoms with Crippen molar-refractivity contribution in [1.82, 2.24) is 15.2 Å². The van der Waals surface area contributed by atoms with E-state index in [2.05, 4.69) is 30.2 Å². The SMILES string of the molecule is COc1ccc(-c2nnc(Nc3nc(O)c(C4=c5cc(OC(F)(F)F)ccc5=NC4=O)s3)o2)cc1. The highest BCUT2D eigenvalue weighted by molar-refractivity contribution is 7.17. The molecule has 1 amide bonds. The normalized spacial score (nSPS) is 12.9. The fourth-order valence-electron chi connectivity index (χ4n) is 3.25. The van der Waals surface area contributed by atoms with Crippen molar-refractivity contribution in [1.29, 1.82) is 0 Å². The number of methoxy groups -OCH3 is 1. The van der Waals surface area contributed by atoms with E-state index in [4.69, 9.17) is 9.15 Å². The number of rotatable bonds is 6. The summed E-state index contributed by atoms with van der Waals surface area (Å²) in [6.07, 6.45) is -4.91. The molecule has 178 valence electrons. The molecule has 3 heterocycles. The van der Waals surface area contributed by atoms with E-state index in [9.17, 15) is 23.1 Å². The molecule has 0 saturated heterocycles. The lowest BCUT2D eigenvalue weighted by atomic mass is 10.1. The maximum atomic E-state index is 12.6. The van der Waals surface area contributed by atoms with Gasteiger partial charge in [0, 0.05) is 10.8 Å². The number of thiazole rings is 1. The summed E-state index contributed by atoms with van der Waals surface area (Å²) in [6.45, 7) is 0. The second kappa shape index (κ2) is 8.39. The van der Waals surface area contributed by atoms with Crippen molar-refractivity contribution in [3.63, 3.8) is 0 Å². The van der Waals surface area contributed by atoms with E-state index in [-0.39, 0.29) is 38.1 Å². The minimum atomic E-state index is -4.91. The highest BCUT2D eigenvalue weighted by Crippen LogP contribution is 2.35. The summed E-state index contributed by atoms with van der Waals surface area (Å²) in [6, 6.07) is 10.2. The molecule has 1 aliphatic rings. The van der Waals surface area contributed by atoms with Crippen LogP contribution in [0.15, 0.2) is 51.9 Å². The third-order valence-electron chi connectivity index (χ3n) is 4.72. The molecule has 14 heteroatoms. The van der Waals surface area contributed by atoms with Crippen molar-refractivity contribution in [3.8, 4) is 28.8 Å². The van der Waals surface area contributed by atoms with Crippen molar-refractivity contribution in [3.05, 3.63) is 57.9 Å². The van der Waals surface area contributed by atoms with Crippen LogP contribution >= 0.6 is 11.3 Å². The van der Waals surface area contributed by atoms with Gasteiger partial charge in [-0.1, -0.05) is 16.4 Å². The lowest BCUT2D eigenvalue weighted by Gasteiger charge is -2.08. The largest absolute Gasteiger partial charge is 0.573 e. The van der Waals surface area contributed by atoms with Gasteiger partial charge in [-0.15, -0.1) is 18.3 Å². The summed E-state index contributed by atoms with van der Waals surface area (Å²) in [5, 5.41) is 21.2. The lowest BCUT2D eigenvalue weighted by Crippen LogP contribution is -2.25. The minimum Gasteiger partial charge on any atom is -0.497 e. The topological polar surface area (TPSA) is 132 Å². The first-order chi connectivity index (χ1) is 16.7. The fourth-order valence-corrected chi connectivity index (χ4v) is 4.15. The molecule has 0 aliphatic carbocycles. The number of hydrogen-bond acceptors (Lipinski definition) is 10. The Balaban J connectivity index is 1.45. The summed E-state index contributed by atoms with van der Waals surface area (Å²) in [5.74, 6) is -0.934. The molecule has 0 atom stereocenters. The number of nitrogens with zero attached hydrogens (tertiary/aromatic N) is 4. The second-order valence-electron chi connectivity index (χ2n) is 6.96. The van der Waals surface area contributed by atoms with Crippen LogP contribution in [0.2, 0.25) is 0 Å². The van der Waals surface area contributed by atoms with Crippen LogP contribution < -0.4 is 25.4 Å². The van der Waals surface area contributed by atoms with E-state index in [0.717, 1.165) is 23.5 Å². The number of carbonyl (C=O) groups excluding carboxylic acids is 1. The van der Waals surface area contributed by atoms with Gasteiger partial charge in [0.25, 0.3) is 5.91 Å². The van der Waals surface area contributed by atoms with Gasteiger partial charge in [0.15, 0.2) is 5.13 Å². The molecule has 0 unspecified atom stereocenters. The molecule has 0 bridgehead atoms. The number of ether oxygens (including phenoxy) is 2. The van der Waals surface area contributed by atoms with Gasteiger partial charge in [-0.05, 0) is 42.5 Å². The van der Waals surface area contributed by atoms with E-state index < -0.39 is 23.9 Å². The first-order valence-corrected chi connectivity index (χ1v) is 10.5. The Kier molecular flexibility index (Phi) is 5.36. The summed E-state index contributed by atoms with van der Waals surface area (Å²) >= 11 is 0.851. The monoisotopic (exact) mass is 503 g/mol. The number of aromatic hydroxyl groups is 1. The van der Waals surface area contributed by atoms with Gasteiger partial charge >= 0.3 is 12.4 Å². The zero-order valence-electron chi connectivity index (χ0n) is 17.5. The van der Waals surface area contributed by atoms with Gasteiger partial charge < -0.3 is 19.0 Å². The Morgan fingerprint density at radius 1 is 1.09 bits per heavy atom. The number of fused-ring (bicyclic) bond motifs is 1. The number of halogens is 3. The van der Waals surface area contributed by atoms with Crippen molar-refractivity contribution in [2.24, 2.45) is 4.99 Å². The highest BCUT2D eigenvalue weighted by atomic mass is 32.1. The van der Waals surface area contributed by atoms with Gasteiger partial charge in [0.1, 0.15) is 16.4 Å². The number of carbonyl (C=O) groups is 1. The molecule has 0 spiro atoms. The van der Waals surface area contributed by atoms with Crippen LogP contribution in [0.25, 0.3) is 17.0 Å². The molecule has 4 aromatic rings. The van der Waals surface area contributed by atoms with Crippen LogP contribution in [0.5, 0.6) is 17.4 Å². The fraction of sp³-hybridized carbons (Fsp3) is 0.0952. The Bertz CT molecular complexity index is 1560. The molecule has 10 nitrogen and oxygen atoms in total. The maximum absolute atomic E-state index is 12.6. The zero-order chi connectivity index (χ0) is 24.7. The molecule has 2 aromatic heterocycles. The third kappa shape index (κ3) is 4.50. The van der Waals surface area contributed by atoms with Gasteiger partial charge in [0.05, 0.1) is 18.0 Å². The molecular formula is C21H12F3N5O5S. The predicted molar refractivity (Wildman–Crippen MR) is 115 cm³/mol. The minimum absolute atomic E-state index is 0.000878. The molecule has 35 heavy (non-hydrogen) atoms. The molecular weight excluding hydrogens is 491 g/mol. The first kappa shape index (κ1) is 22.3. The van der Waals surface area contributed by atoms with Crippen molar-refractivity contribution >= 4 is 34.0 Å². The van der Waals surface area contributed by atoms with Gasteiger partial charge in [-0.2, -0.15) is 4.98 Å². The Morgan fingerprint density at radius 3 is 2.54 bits per heavy atom. The summed E-state index contributed by atoms with van der Waals surface area (Å²) < 4.78 is 52.4. The van der Waals surface area contributed by atoms with E-state index in [1.807, 2.05) is 0 Å². The lowest BCUT2D eigenvalue weighted by molar-refractivity contribution is -0.274. The molecule has 0 radical (unpaired) electrons. The van der Waals surface area contributed by atoms with E-state index in [1.54, 1.807) is 31.4 Å². The van der Waals surface area contributed by atoms with Crippen molar-refractivity contribution in [2.75, 3.05) is 12.4 Å². The van der Waals surface area contributed by atoms with Gasteiger partial charge in [-0.25, -0.2) is 4.99 Å². The number of benzene rings is 2. The molecule has 0 saturated carbocycles. The molecule has 2 aromatic carbocycles. The van der Waals surface area contributed by atoms with Crippen LogP contribution in [-0.4, -0.2) is 39.7 Å². The number of nitrogens with one attached hydrogen (secondary N) is 1.